The van der Waals surface area contributed by atoms with E-state index in [1.54, 1.807) is 13.8 Å². The molecule has 0 atom stereocenters. The smallest absolute Gasteiger partial charge is 0.129 e. The van der Waals surface area contributed by atoms with E-state index in [9.17, 15) is 13.9 Å². The van der Waals surface area contributed by atoms with E-state index in [4.69, 9.17) is 4.74 Å². The van der Waals surface area contributed by atoms with Crippen LogP contribution >= 0.6 is 0 Å². The second-order valence-electron chi connectivity index (χ2n) is 4.02. The highest BCUT2D eigenvalue weighted by molar-refractivity contribution is 5.23. The third-order valence-corrected chi connectivity index (χ3v) is 1.82. The molecule has 0 aliphatic rings. The Bertz CT molecular complexity index is 312. The normalized spacial score (nSPS) is 11.5. The second-order valence-corrected chi connectivity index (χ2v) is 4.02. The van der Waals surface area contributed by atoms with Gasteiger partial charge in [-0.2, -0.15) is 0 Å². The van der Waals surface area contributed by atoms with Crippen molar-refractivity contribution >= 4 is 0 Å². The van der Waals surface area contributed by atoms with E-state index in [1.165, 1.54) is 0 Å². The summed E-state index contributed by atoms with van der Waals surface area (Å²) in [5.74, 6) is -1.21. The van der Waals surface area contributed by atoms with Gasteiger partial charge >= 0.3 is 0 Å². The van der Waals surface area contributed by atoms with Crippen LogP contribution < -0.4 is 4.74 Å². The molecule has 1 rings (SSSR count). The lowest BCUT2D eigenvalue weighted by atomic mass is 10.1. The van der Waals surface area contributed by atoms with Gasteiger partial charge in [-0.3, -0.25) is 0 Å². The number of benzene rings is 1. The van der Waals surface area contributed by atoms with Crippen LogP contribution in [-0.2, 0) is 0 Å². The molecule has 0 saturated heterocycles. The van der Waals surface area contributed by atoms with Crippen LogP contribution in [0.25, 0.3) is 0 Å². The lowest BCUT2D eigenvalue weighted by Crippen LogP contribution is -2.21. The number of hydrogen-bond acceptors (Lipinski definition) is 2. The Morgan fingerprint density at radius 3 is 2.20 bits per heavy atom. The molecular weight excluding hydrogens is 202 g/mol. The van der Waals surface area contributed by atoms with Crippen molar-refractivity contribution in [2.75, 3.05) is 6.61 Å². The van der Waals surface area contributed by atoms with Gasteiger partial charge in [-0.1, -0.05) is 0 Å². The molecule has 0 unspecified atom stereocenters. The van der Waals surface area contributed by atoms with E-state index >= 15 is 0 Å². The van der Waals surface area contributed by atoms with Crippen LogP contribution in [0, 0.1) is 11.6 Å². The molecule has 0 bridgehead atoms. The first-order valence-electron chi connectivity index (χ1n) is 4.68. The number of halogens is 2. The Hall–Kier alpha value is -1.16. The van der Waals surface area contributed by atoms with Crippen LogP contribution in [0.2, 0.25) is 0 Å². The molecule has 15 heavy (non-hydrogen) atoms. The van der Waals surface area contributed by atoms with E-state index in [2.05, 4.69) is 0 Å². The van der Waals surface area contributed by atoms with Gasteiger partial charge in [0.25, 0.3) is 0 Å². The molecule has 1 aromatic carbocycles. The maximum atomic E-state index is 12.7. The molecule has 4 heteroatoms. The predicted octanol–water partition coefficient (Wildman–Crippen LogP) is 2.50. The summed E-state index contributed by atoms with van der Waals surface area (Å²) in [6.45, 7) is 3.50. The molecule has 0 aliphatic carbocycles. The number of ether oxygens (including phenoxy) is 1. The summed E-state index contributed by atoms with van der Waals surface area (Å²) in [6.07, 6.45) is 0.394. The third kappa shape index (κ3) is 4.74. The number of hydrogen-bond donors (Lipinski definition) is 1. The van der Waals surface area contributed by atoms with Gasteiger partial charge < -0.3 is 9.84 Å². The molecule has 1 N–H and O–H groups in total. The molecule has 84 valence electrons. The molecule has 0 saturated carbocycles. The van der Waals surface area contributed by atoms with Crippen LogP contribution in [0.1, 0.15) is 20.3 Å². The standard InChI is InChI=1S/C11H14F2O2/c1-11(2,14)3-4-15-10-6-8(12)5-9(13)7-10/h5-7,14H,3-4H2,1-2H3. The van der Waals surface area contributed by atoms with Gasteiger partial charge in [0, 0.05) is 24.6 Å². The van der Waals surface area contributed by atoms with Crippen LogP contribution in [0.15, 0.2) is 18.2 Å². The quantitative estimate of drug-likeness (QED) is 0.837. The highest BCUT2D eigenvalue weighted by Gasteiger charge is 2.12. The van der Waals surface area contributed by atoms with E-state index in [-0.39, 0.29) is 12.4 Å². The second kappa shape index (κ2) is 4.57. The first-order chi connectivity index (χ1) is 6.87. The van der Waals surface area contributed by atoms with Crippen LogP contribution in [0.4, 0.5) is 8.78 Å². The zero-order chi connectivity index (χ0) is 11.5. The lowest BCUT2D eigenvalue weighted by Gasteiger charge is -2.17. The highest BCUT2D eigenvalue weighted by Crippen LogP contribution is 2.16. The van der Waals surface area contributed by atoms with Gasteiger partial charge in [0.15, 0.2) is 0 Å². The van der Waals surface area contributed by atoms with Gasteiger partial charge in [0.2, 0.25) is 0 Å². The molecule has 0 heterocycles. The van der Waals surface area contributed by atoms with Gasteiger partial charge in [0.05, 0.1) is 12.2 Å². The molecule has 0 amide bonds. The zero-order valence-corrected chi connectivity index (χ0v) is 8.76. The Morgan fingerprint density at radius 1 is 1.20 bits per heavy atom. The minimum Gasteiger partial charge on any atom is -0.493 e. The molecule has 0 radical (unpaired) electrons. The van der Waals surface area contributed by atoms with Crippen molar-refractivity contribution in [1.29, 1.82) is 0 Å². The van der Waals surface area contributed by atoms with Gasteiger partial charge in [-0.05, 0) is 13.8 Å². The SMILES string of the molecule is CC(C)(O)CCOc1cc(F)cc(F)c1. The minimum absolute atomic E-state index is 0.136. The molecule has 0 fully saturated rings. The van der Waals surface area contributed by atoms with Crippen molar-refractivity contribution in [1.82, 2.24) is 0 Å². The van der Waals surface area contributed by atoms with Crippen molar-refractivity contribution in [2.45, 2.75) is 25.9 Å². The van der Waals surface area contributed by atoms with E-state index in [0.717, 1.165) is 18.2 Å². The largest absolute Gasteiger partial charge is 0.493 e. The fourth-order valence-corrected chi connectivity index (χ4v) is 1.03. The average Bonchev–Trinajstić information content (AvgIpc) is 1.99. The third-order valence-electron chi connectivity index (χ3n) is 1.82. The fraction of sp³-hybridized carbons (Fsp3) is 0.455. The lowest BCUT2D eigenvalue weighted by molar-refractivity contribution is 0.0553. The van der Waals surface area contributed by atoms with Crippen molar-refractivity contribution in [2.24, 2.45) is 0 Å². The maximum absolute atomic E-state index is 12.7. The molecule has 0 spiro atoms. The number of aliphatic hydroxyl groups is 1. The summed E-state index contributed by atoms with van der Waals surface area (Å²) in [7, 11) is 0. The highest BCUT2D eigenvalue weighted by atomic mass is 19.1. The Morgan fingerprint density at radius 2 is 1.73 bits per heavy atom. The summed E-state index contributed by atoms with van der Waals surface area (Å²) in [5, 5.41) is 9.38. The Balaban J connectivity index is 2.51. The van der Waals surface area contributed by atoms with Crippen molar-refractivity contribution in [3.8, 4) is 5.75 Å². The van der Waals surface area contributed by atoms with Crippen LogP contribution in [0.3, 0.4) is 0 Å². The van der Waals surface area contributed by atoms with Crippen molar-refractivity contribution in [3.63, 3.8) is 0 Å². The Labute approximate surface area is 87.5 Å². The van der Waals surface area contributed by atoms with Crippen molar-refractivity contribution < 1.29 is 18.6 Å². The molecule has 2 nitrogen and oxygen atoms in total. The predicted molar refractivity (Wildman–Crippen MR) is 52.8 cm³/mol. The van der Waals surface area contributed by atoms with Crippen LogP contribution in [0.5, 0.6) is 5.75 Å². The topological polar surface area (TPSA) is 29.5 Å². The van der Waals surface area contributed by atoms with Gasteiger partial charge in [-0.25, -0.2) is 8.78 Å². The molecule has 1 aromatic rings. The fourth-order valence-electron chi connectivity index (χ4n) is 1.03. The average molecular weight is 216 g/mol. The summed E-state index contributed by atoms with van der Waals surface area (Å²) >= 11 is 0. The first-order valence-corrected chi connectivity index (χ1v) is 4.68. The molecule has 0 aromatic heterocycles. The summed E-state index contributed by atoms with van der Waals surface area (Å²) in [5.41, 5.74) is -0.841. The van der Waals surface area contributed by atoms with E-state index in [1.807, 2.05) is 0 Å². The van der Waals surface area contributed by atoms with Crippen LogP contribution in [-0.4, -0.2) is 17.3 Å². The van der Waals surface area contributed by atoms with Gasteiger partial charge in [-0.15, -0.1) is 0 Å². The maximum Gasteiger partial charge on any atom is 0.129 e. The number of rotatable bonds is 4. The van der Waals surface area contributed by atoms with E-state index < -0.39 is 17.2 Å². The first kappa shape index (κ1) is 11.9. The zero-order valence-electron chi connectivity index (χ0n) is 8.76. The monoisotopic (exact) mass is 216 g/mol. The van der Waals surface area contributed by atoms with E-state index in [0.29, 0.717) is 6.42 Å². The summed E-state index contributed by atoms with van der Waals surface area (Å²) in [4.78, 5) is 0. The molecular formula is C11H14F2O2. The summed E-state index contributed by atoms with van der Waals surface area (Å²) < 4.78 is 30.5. The van der Waals surface area contributed by atoms with Crippen molar-refractivity contribution in [3.05, 3.63) is 29.8 Å². The molecule has 0 aliphatic heterocycles. The summed E-state index contributed by atoms with van der Waals surface area (Å²) in [6, 6.07) is 2.99. The Kier molecular flexibility index (Phi) is 3.63. The van der Waals surface area contributed by atoms with Gasteiger partial charge in [0.1, 0.15) is 17.4 Å². The minimum atomic E-state index is -0.841.